The number of rotatable bonds is 7. The molecule has 0 bridgehead atoms. The summed E-state index contributed by atoms with van der Waals surface area (Å²) in [5.41, 5.74) is 15.9. The minimum absolute atomic E-state index is 0.0845. The quantitative estimate of drug-likeness (QED) is 0.154. The molecule has 0 radical (unpaired) electrons. The third kappa shape index (κ3) is 5.14. The molecule has 1 aromatic heterocycles. The lowest BCUT2D eigenvalue weighted by molar-refractivity contribution is 0.640. The zero-order valence-corrected chi connectivity index (χ0v) is 31.3. The van der Waals surface area contributed by atoms with E-state index in [1.54, 1.807) is 0 Å². The summed E-state index contributed by atoms with van der Waals surface area (Å²) in [6.45, 7) is 0. The van der Waals surface area contributed by atoms with Crippen LogP contribution in [0.4, 0.5) is 17.1 Å². The summed E-state index contributed by atoms with van der Waals surface area (Å²) in [6.07, 6.45) is 0. The van der Waals surface area contributed by atoms with Crippen LogP contribution in [0.5, 0.6) is 0 Å². The minimum atomic E-state index is -0.292. The van der Waals surface area contributed by atoms with Gasteiger partial charge in [-0.2, -0.15) is 0 Å². The van der Waals surface area contributed by atoms with Crippen molar-refractivity contribution >= 4 is 62.5 Å². The first-order chi connectivity index (χ1) is 26.9. The summed E-state index contributed by atoms with van der Waals surface area (Å²) in [5.74, 6) is 0. The number of fused-ring (bicyclic) bond motifs is 6. The Hall–Kier alpha value is -6.45. The van der Waals surface area contributed by atoms with Gasteiger partial charge in [0.05, 0.1) is 29.2 Å². The molecule has 0 aliphatic heterocycles. The molecule has 9 aromatic rings. The molecular formula is C50H38B3NO. The summed E-state index contributed by atoms with van der Waals surface area (Å²) in [4.78, 5) is 2.30. The smallest absolute Gasteiger partial charge is 0.159 e. The van der Waals surface area contributed by atoms with Crippen molar-refractivity contribution in [3.05, 3.63) is 211 Å². The van der Waals surface area contributed by atoms with Gasteiger partial charge in [-0.05, 0) is 74.8 Å². The lowest BCUT2D eigenvalue weighted by Crippen LogP contribution is -2.42. The second-order valence-electron chi connectivity index (χ2n) is 15.7. The van der Waals surface area contributed by atoms with E-state index in [-0.39, 0.29) is 10.5 Å². The Morgan fingerprint density at radius 3 is 1.53 bits per heavy atom. The van der Waals surface area contributed by atoms with Gasteiger partial charge >= 0.3 is 0 Å². The Bertz CT molecular complexity index is 2800. The highest BCUT2D eigenvalue weighted by Crippen LogP contribution is 2.60. The second kappa shape index (κ2) is 12.9. The number of para-hydroxylation sites is 3. The van der Waals surface area contributed by atoms with E-state index in [2.05, 4.69) is 223 Å². The fourth-order valence-electron chi connectivity index (χ4n) is 9.33. The van der Waals surface area contributed by atoms with Crippen LogP contribution in [0, 0.1) is 0 Å². The fraction of sp³-hybridized carbons (Fsp3) is 0.0400. The summed E-state index contributed by atoms with van der Waals surface area (Å²) in [5, 5.41) is 2.12. The molecule has 1 aliphatic carbocycles. The number of anilines is 3. The molecule has 0 fully saturated rings. The summed E-state index contributed by atoms with van der Waals surface area (Å²) in [6, 6.07) is 70.1. The van der Waals surface area contributed by atoms with E-state index in [0.29, 0.717) is 0 Å². The maximum absolute atomic E-state index is 7.04. The van der Waals surface area contributed by atoms with Crippen LogP contribution in [0.15, 0.2) is 199 Å². The largest absolute Gasteiger partial charge is 0.453 e. The van der Waals surface area contributed by atoms with Gasteiger partial charge in [0.1, 0.15) is 5.58 Å². The highest BCUT2D eigenvalue weighted by atomic mass is 16.3. The normalized spacial score (nSPS) is 13.1. The average Bonchev–Trinajstić information content (AvgIpc) is 3.77. The van der Waals surface area contributed by atoms with Crippen LogP contribution in [0.2, 0.25) is 5.11 Å². The van der Waals surface area contributed by atoms with Gasteiger partial charge in [-0.15, -0.1) is 0 Å². The van der Waals surface area contributed by atoms with E-state index in [4.69, 9.17) is 4.42 Å². The Morgan fingerprint density at radius 1 is 0.400 bits per heavy atom. The molecule has 0 saturated carbocycles. The molecule has 1 aliphatic rings. The average molecular weight is 701 g/mol. The Kier molecular flexibility index (Phi) is 7.75. The van der Waals surface area contributed by atoms with Crippen LogP contribution < -0.4 is 4.90 Å². The van der Waals surface area contributed by atoms with Gasteiger partial charge in [0.15, 0.2) is 5.58 Å². The van der Waals surface area contributed by atoms with Gasteiger partial charge in [0, 0.05) is 33.1 Å². The predicted octanol–water partition coefficient (Wildman–Crippen LogP) is 10.7. The van der Waals surface area contributed by atoms with Gasteiger partial charge in [0.25, 0.3) is 0 Å². The number of furan rings is 1. The highest BCUT2D eigenvalue weighted by molar-refractivity contribution is 6.60. The van der Waals surface area contributed by atoms with E-state index in [1.165, 1.54) is 38.9 Å². The zero-order chi connectivity index (χ0) is 37.1. The molecule has 10 rings (SSSR count). The summed E-state index contributed by atoms with van der Waals surface area (Å²) < 4.78 is 7.04. The highest BCUT2D eigenvalue weighted by Gasteiger charge is 2.51. The molecule has 1 heterocycles. The number of nitrogens with zero attached hydrogens (tertiary/aromatic N) is 1. The van der Waals surface area contributed by atoms with E-state index >= 15 is 0 Å². The molecule has 2 nitrogen and oxygen atoms in total. The van der Waals surface area contributed by atoms with Crippen molar-refractivity contribution in [2.75, 3.05) is 4.90 Å². The lowest BCUT2D eigenvalue weighted by Gasteiger charge is -2.45. The van der Waals surface area contributed by atoms with Gasteiger partial charge in [-0.1, -0.05) is 169 Å². The van der Waals surface area contributed by atoms with Crippen molar-refractivity contribution in [2.45, 2.75) is 10.5 Å². The molecule has 0 amide bonds. The summed E-state index contributed by atoms with van der Waals surface area (Å²) >= 11 is 0. The van der Waals surface area contributed by atoms with Crippen LogP contribution in [-0.2, 0) is 5.41 Å². The standard InChI is InChI=1S/C50H38B3NO/c51-50(52,53)49(44-22-9-7-17-40(44)41-18-8-10-23-45(41)49)36-29-25-35(26-30-36)39-19-11-20-42-43-21-12-24-46(48(43)55-47(39)42)54(37-15-5-2-6-16-37)38-31-27-34(28-32-38)33-13-3-1-4-14-33/h1-32H,51-53H2. The summed E-state index contributed by atoms with van der Waals surface area (Å²) in [7, 11) is 7.13. The number of hydrogen-bond acceptors (Lipinski definition) is 2. The first kappa shape index (κ1) is 33.1. The van der Waals surface area contributed by atoms with Gasteiger partial charge in [-0.25, -0.2) is 0 Å². The van der Waals surface area contributed by atoms with Gasteiger partial charge in [-0.3, -0.25) is 0 Å². The fourth-order valence-corrected chi connectivity index (χ4v) is 9.33. The Balaban J connectivity index is 1.10. The van der Waals surface area contributed by atoms with Crippen LogP contribution >= 0.6 is 0 Å². The van der Waals surface area contributed by atoms with Crippen LogP contribution in [0.1, 0.15) is 16.7 Å². The Morgan fingerprint density at radius 2 is 0.891 bits per heavy atom. The van der Waals surface area contributed by atoms with Crippen LogP contribution in [-0.4, -0.2) is 23.5 Å². The topological polar surface area (TPSA) is 16.4 Å². The number of hydrogen-bond donors (Lipinski definition) is 0. The van der Waals surface area contributed by atoms with Crippen molar-refractivity contribution in [3.8, 4) is 33.4 Å². The first-order valence-corrected chi connectivity index (χ1v) is 19.2. The molecule has 258 valence electrons. The zero-order valence-electron chi connectivity index (χ0n) is 31.3. The van der Waals surface area contributed by atoms with Crippen LogP contribution in [0.3, 0.4) is 0 Å². The van der Waals surface area contributed by atoms with Crippen molar-refractivity contribution in [2.24, 2.45) is 0 Å². The van der Waals surface area contributed by atoms with E-state index < -0.39 is 0 Å². The van der Waals surface area contributed by atoms with Crippen molar-refractivity contribution in [1.29, 1.82) is 0 Å². The third-order valence-electron chi connectivity index (χ3n) is 11.7. The molecule has 0 atom stereocenters. The maximum Gasteiger partial charge on any atom is 0.159 e. The molecule has 55 heavy (non-hydrogen) atoms. The maximum atomic E-state index is 7.04. The molecule has 8 aromatic carbocycles. The minimum Gasteiger partial charge on any atom is -0.453 e. The molecule has 0 unspecified atom stereocenters. The molecular weight excluding hydrogens is 663 g/mol. The van der Waals surface area contributed by atoms with Gasteiger partial charge in [0.2, 0.25) is 0 Å². The van der Waals surface area contributed by atoms with E-state index in [0.717, 1.165) is 50.1 Å². The number of benzene rings is 8. The SMILES string of the molecule is BC(B)(B)C1(c2ccc(-c3cccc4c3oc3c(N(c5ccccc5)c5ccc(-c6ccccc6)cc5)cccc34)cc2)c2ccccc2-c2ccccc21. The predicted molar refractivity (Wildman–Crippen MR) is 239 cm³/mol. The van der Waals surface area contributed by atoms with Crippen molar-refractivity contribution < 1.29 is 4.42 Å². The van der Waals surface area contributed by atoms with E-state index in [9.17, 15) is 0 Å². The lowest BCUT2D eigenvalue weighted by atomic mass is 9.30. The van der Waals surface area contributed by atoms with Crippen LogP contribution in [0.25, 0.3) is 55.3 Å². The van der Waals surface area contributed by atoms with Gasteiger partial charge < -0.3 is 9.32 Å². The molecule has 5 heteroatoms. The molecule has 0 spiro atoms. The molecule has 0 N–H and O–H groups in total. The monoisotopic (exact) mass is 701 g/mol. The second-order valence-corrected chi connectivity index (χ2v) is 15.7. The third-order valence-corrected chi connectivity index (χ3v) is 11.7. The Labute approximate surface area is 325 Å². The molecule has 0 saturated heterocycles. The van der Waals surface area contributed by atoms with Crippen molar-refractivity contribution in [3.63, 3.8) is 0 Å². The van der Waals surface area contributed by atoms with Crippen molar-refractivity contribution in [1.82, 2.24) is 0 Å². The first-order valence-electron chi connectivity index (χ1n) is 19.2. The van der Waals surface area contributed by atoms with E-state index in [1.807, 2.05) is 0 Å².